The zero-order chi connectivity index (χ0) is 30.1. The number of nitrogens with zero attached hydrogens (tertiary/aromatic N) is 2. The molecule has 2 amide bonds. The SMILES string of the molecule is O=C1CCC(N2Cc3c(NC(=O)c4ccccc4N=CC4=C(O)CC(c5ccccc5)CC4=O)cccc3C2=O)C(=O)C1. The summed E-state index contributed by atoms with van der Waals surface area (Å²) in [6, 6.07) is 20.6. The molecule has 1 heterocycles. The molecule has 2 N–H and O–H groups in total. The smallest absolute Gasteiger partial charge is 0.257 e. The molecule has 9 nitrogen and oxygen atoms in total. The summed E-state index contributed by atoms with van der Waals surface area (Å²) in [5.74, 6) is -1.52. The molecular formula is C34H29N3O6. The summed E-state index contributed by atoms with van der Waals surface area (Å²) in [5, 5.41) is 13.6. The van der Waals surface area contributed by atoms with Crippen LogP contribution in [0.5, 0.6) is 0 Å². The van der Waals surface area contributed by atoms with Gasteiger partial charge in [0.25, 0.3) is 11.8 Å². The number of Topliss-reactive ketones (excluding diaryl/α,β-unsaturated/α-hetero) is 3. The monoisotopic (exact) mass is 575 g/mol. The van der Waals surface area contributed by atoms with Gasteiger partial charge >= 0.3 is 0 Å². The lowest BCUT2D eigenvalue weighted by molar-refractivity contribution is -0.133. The topological polar surface area (TPSA) is 133 Å². The Labute approximate surface area is 247 Å². The Kier molecular flexibility index (Phi) is 7.54. The van der Waals surface area contributed by atoms with Gasteiger partial charge in [0.1, 0.15) is 11.5 Å². The van der Waals surface area contributed by atoms with E-state index in [0.29, 0.717) is 35.3 Å². The molecule has 3 aromatic carbocycles. The molecule has 3 aliphatic rings. The minimum absolute atomic E-state index is 0.0364. The van der Waals surface area contributed by atoms with Gasteiger partial charge in [0, 0.05) is 48.8 Å². The Morgan fingerprint density at radius 2 is 1.70 bits per heavy atom. The van der Waals surface area contributed by atoms with Gasteiger partial charge in [-0.2, -0.15) is 0 Å². The molecule has 0 bridgehead atoms. The van der Waals surface area contributed by atoms with Crippen LogP contribution in [0.3, 0.4) is 0 Å². The van der Waals surface area contributed by atoms with Crippen LogP contribution in [-0.2, 0) is 20.9 Å². The van der Waals surface area contributed by atoms with Crippen LogP contribution in [0.1, 0.15) is 69.9 Å². The van der Waals surface area contributed by atoms with E-state index in [4.69, 9.17) is 0 Å². The van der Waals surface area contributed by atoms with Crippen molar-refractivity contribution >= 4 is 46.8 Å². The number of amides is 2. The van der Waals surface area contributed by atoms with Crippen LogP contribution in [0.4, 0.5) is 11.4 Å². The van der Waals surface area contributed by atoms with Crippen LogP contribution >= 0.6 is 0 Å². The number of allylic oxidation sites excluding steroid dienone is 2. The van der Waals surface area contributed by atoms with E-state index in [1.807, 2.05) is 30.3 Å². The first-order valence-electron chi connectivity index (χ1n) is 14.2. The van der Waals surface area contributed by atoms with E-state index in [-0.39, 0.29) is 71.9 Å². The molecule has 0 radical (unpaired) electrons. The van der Waals surface area contributed by atoms with E-state index in [2.05, 4.69) is 10.3 Å². The molecule has 1 aliphatic heterocycles. The first-order valence-corrected chi connectivity index (χ1v) is 14.2. The van der Waals surface area contributed by atoms with Gasteiger partial charge in [-0.1, -0.05) is 48.5 Å². The second kappa shape index (κ2) is 11.6. The Bertz CT molecular complexity index is 1720. The van der Waals surface area contributed by atoms with E-state index in [9.17, 15) is 29.1 Å². The van der Waals surface area contributed by atoms with Crippen molar-refractivity contribution in [2.24, 2.45) is 4.99 Å². The molecule has 6 rings (SSSR count). The zero-order valence-electron chi connectivity index (χ0n) is 23.3. The highest BCUT2D eigenvalue weighted by atomic mass is 16.3. The van der Waals surface area contributed by atoms with Crippen molar-refractivity contribution in [3.63, 3.8) is 0 Å². The van der Waals surface area contributed by atoms with Crippen molar-refractivity contribution in [1.82, 2.24) is 4.90 Å². The molecule has 2 atom stereocenters. The largest absolute Gasteiger partial charge is 0.511 e. The Morgan fingerprint density at radius 1 is 0.930 bits per heavy atom. The third-order valence-corrected chi connectivity index (χ3v) is 8.30. The van der Waals surface area contributed by atoms with Gasteiger partial charge in [-0.3, -0.25) is 29.0 Å². The maximum atomic E-state index is 13.5. The summed E-state index contributed by atoms with van der Waals surface area (Å²) in [7, 11) is 0. The van der Waals surface area contributed by atoms with Gasteiger partial charge in [0.2, 0.25) is 0 Å². The number of benzene rings is 3. The fourth-order valence-corrected chi connectivity index (χ4v) is 6.03. The lowest BCUT2D eigenvalue weighted by Crippen LogP contribution is -2.44. The van der Waals surface area contributed by atoms with Gasteiger partial charge in [-0.05, 0) is 42.2 Å². The van der Waals surface area contributed by atoms with Crippen molar-refractivity contribution in [2.75, 3.05) is 5.32 Å². The second-order valence-electron chi connectivity index (χ2n) is 11.0. The molecule has 43 heavy (non-hydrogen) atoms. The average Bonchev–Trinajstić information content (AvgIpc) is 3.34. The first-order chi connectivity index (χ1) is 20.8. The minimum atomic E-state index is -0.660. The fraction of sp³-hybridized carbons (Fsp3) is 0.235. The number of anilines is 1. The molecule has 2 aliphatic carbocycles. The molecule has 9 heteroatoms. The Hall–Kier alpha value is -5.18. The molecule has 0 saturated heterocycles. The third-order valence-electron chi connectivity index (χ3n) is 8.30. The first kappa shape index (κ1) is 28.0. The number of nitrogens with one attached hydrogen (secondary N) is 1. The molecule has 1 saturated carbocycles. The van der Waals surface area contributed by atoms with Gasteiger partial charge < -0.3 is 15.3 Å². The highest BCUT2D eigenvalue weighted by Gasteiger charge is 2.40. The van der Waals surface area contributed by atoms with E-state index in [1.165, 1.54) is 11.1 Å². The molecular weight excluding hydrogens is 546 g/mol. The number of hydrogen-bond donors (Lipinski definition) is 2. The maximum Gasteiger partial charge on any atom is 0.257 e. The number of ketones is 3. The van der Waals surface area contributed by atoms with Crippen LogP contribution in [-0.4, -0.2) is 51.4 Å². The molecule has 216 valence electrons. The van der Waals surface area contributed by atoms with E-state index in [1.54, 1.807) is 42.5 Å². The normalized spacial score (nSPS) is 20.6. The van der Waals surface area contributed by atoms with Crippen LogP contribution in [0.2, 0.25) is 0 Å². The van der Waals surface area contributed by atoms with Crippen LogP contribution < -0.4 is 5.32 Å². The lowest BCUT2D eigenvalue weighted by Gasteiger charge is -2.29. The molecule has 1 fully saturated rings. The van der Waals surface area contributed by atoms with Gasteiger partial charge in [0.15, 0.2) is 11.6 Å². The van der Waals surface area contributed by atoms with Crippen molar-refractivity contribution in [2.45, 2.75) is 50.6 Å². The number of hydrogen-bond acceptors (Lipinski definition) is 7. The maximum absolute atomic E-state index is 13.5. The summed E-state index contributed by atoms with van der Waals surface area (Å²) in [4.78, 5) is 69.7. The fourth-order valence-electron chi connectivity index (χ4n) is 6.03. The number of aliphatic hydroxyl groups is 1. The Morgan fingerprint density at radius 3 is 2.47 bits per heavy atom. The standard InChI is InChI=1S/C34H29N3O6/c38-22-13-14-29(32(41)17-22)37-19-26-23(34(37)43)10-6-12-28(26)36-33(42)24-9-4-5-11-27(24)35-18-25-30(39)15-21(16-31(25)40)20-7-2-1-3-8-20/h1-12,18,21,29,39H,13-17,19H2,(H,36,42). The quantitative estimate of drug-likeness (QED) is 0.305. The second-order valence-corrected chi connectivity index (χ2v) is 11.0. The summed E-state index contributed by atoms with van der Waals surface area (Å²) >= 11 is 0. The minimum Gasteiger partial charge on any atom is -0.511 e. The summed E-state index contributed by atoms with van der Waals surface area (Å²) in [6.45, 7) is 0.147. The van der Waals surface area contributed by atoms with E-state index >= 15 is 0 Å². The molecule has 2 unspecified atom stereocenters. The lowest BCUT2D eigenvalue weighted by atomic mass is 9.83. The number of carbonyl (C=O) groups excluding carboxylic acids is 5. The summed E-state index contributed by atoms with van der Waals surface area (Å²) in [5.41, 5.74) is 3.10. The predicted molar refractivity (Wildman–Crippen MR) is 160 cm³/mol. The number of aliphatic hydroxyl groups excluding tert-OH is 1. The van der Waals surface area contributed by atoms with Crippen LogP contribution in [0.15, 0.2) is 89.1 Å². The van der Waals surface area contributed by atoms with E-state index in [0.717, 1.165) is 5.56 Å². The number of rotatable bonds is 6. The summed E-state index contributed by atoms with van der Waals surface area (Å²) < 4.78 is 0. The highest BCUT2D eigenvalue weighted by Crippen LogP contribution is 2.35. The highest BCUT2D eigenvalue weighted by molar-refractivity contribution is 6.16. The van der Waals surface area contributed by atoms with Gasteiger partial charge in [0.05, 0.1) is 29.3 Å². The van der Waals surface area contributed by atoms with E-state index < -0.39 is 11.9 Å². The van der Waals surface area contributed by atoms with Crippen molar-refractivity contribution in [3.8, 4) is 0 Å². The Balaban J connectivity index is 1.20. The third kappa shape index (κ3) is 5.53. The van der Waals surface area contributed by atoms with Gasteiger partial charge in [-0.25, -0.2) is 0 Å². The molecule has 0 spiro atoms. The van der Waals surface area contributed by atoms with Crippen molar-refractivity contribution in [3.05, 3.63) is 106 Å². The van der Waals surface area contributed by atoms with Gasteiger partial charge in [-0.15, -0.1) is 0 Å². The molecule has 3 aromatic rings. The summed E-state index contributed by atoms with van der Waals surface area (Å²) in [6.07, 6.45) is 2.26. The number of para-hydroxylation sites is 1. The number of fused-ring (bicyclic) bond motifs is 1. The predicted octanol–water partition coefficient (Wildman–Crippen LogP) is 5.25. The molecule has 0 aromatic heterocycles. The number of aliphatic imine (C=N–C) groups is 1. The van der Waals surface area contributed by atoms with Crippen molar-refractivity contribution < 1.29 is 29.1 Å². The van der Waals surface area contributed by atoms with Crippen LogP contribution in [0, 0.1) is 0 Å². The van der Waals surface area contributed by atoms with Crippen molar-refractivity contribution in [1.29, 1.82) is 0 Å². The zero-order valence-corrected chi connectivity index (χ0v) is 23.3. The average molecular weight is 576 g/mol. The van der Waals surface area contributed by atoms with Crippen LogP contribution in [0.25, 0.3) is 0 Å². The number of carbonyl (C=O) groups is 5.